The highest BCUT2D eigenvalue weighted by Crippen LogP contribution is 2.31. The molecular formula is C13H21N3O2S. The van der Waals surface area contributed by atoms with Gasteiger partial charge >= 0.3 is 0 Å². The van der Waals surface area contributed by atoms with Gasteiger partial charge in [0.25, 0.3) is 10.0 Å². The molecule has 1 aliphatic rings. The van der Waals surface area contributed by atoms with Crippen LogP contribution in [0.15, 0.2) is 23.4 Å². The van der Waals surface area contributed by atoms with Crippen LogP contribution in [0.1, 0.15) is 32.6 Å². The van der Waals surface area contributed by atoms with E-state index in [1.807, 2.05) is 0 Å². The molecule has 2 unspecified atom stereocenters. The van der Waals surface area contributed by atoms with Crippen LogP contribution in [0.3, 0.4) is 0 Å². The number of rotatable bonds is 3. The van der Waals surface area contributed by atoms with Crippen molar-refractivity contribution in [1.29, 1.82) is 0 Å². The van der Waals surface area contributed by atoms with Crippen LogP contribution in [0, 0.1) is 5.92 Å². The van der Waals surface area contributed by atoms with Gasteiger partial charge in [0.05, 0.1) is 5.69 Å². The molecule has 0 radical (unpaired) electrons. The predicted octanol–water partition coefficient (Wildman–Crippen LogP) is 1.86. The van der Waals surface area contributed by atoms with Crippen molar-refractivity contribution in [3.8, 4) is 0 Å². The standard InChI is InChI=1S/C13H21N3O2S/c1-10-6-3-4-8-12(10)16(2)19(17,18)13-11(14)7-5-9-15-13/h5,7,9-10,12H,3-4,6,8,14H2,1-2H3. The Balaban J connectivity index is 2.31. The van der Waals surface area contributed by atoms with Crippen molar-refractivity contribution in [3.05, 3.63) is 18.3 Å². The lowest BCUT2D eigenvalue weighted by Crippen LogP contribution is -2.43. The molecule has 0 aromatic carbocycles. The molecule has 1 aromatic heterocycles. The van der Waals surface area contributed by atoms with Gasteiger partial charge in [-0.05, 0) is 30.9 Å². The Bertz CT molecular complexity index is 545. The first-order valence-electron chi connectivity index (χ1n) is 6.63. The molecule has 19 heavy (non-hydrogen) atoms. The molecule has 0 saturated heterocycles. The van der Waals surface area contributed by atoms with E-state index in [-0.39, 0.29) is 16.8 Å². The van der Waals surface area contributed by atoms with Gasteiger partial charge in [0.15, 0.2) is 5.03 Å². The summed E-state index contributed by atoms with van der Waals surface area (Å²) in [6.45, 7) is 2.11. The minimum atomic E-state index is -3.60. The van der Waals surface area contributed by atoms with Gasteiger partial charge in [-0.25, -0.2) is 13.4 Å². The van der Waals surface area contributed by atoms with E-state index in [9.17, 15) is 8.42 Å². The normalized spacial score (nSPS) is 24.6. The Morgan fingerprint density at radius 3 is 2.68 bits per heavy atom. The van der Waals surface area contributed by atoms with Crippen molar-refractivity contribution in [3.63, 3.8) is 0 Å². The molecule has 1 aliphatic carbocycles. The fourth-order valence-electron chi connectivity index (χ4n) is 2.77. The minimum Gasteiger partial charge on any atom is -0.396 e. The molecule has 106 valence electrons. The van der Waals surface area contributed by atoms with Crippen molar-refractivity contribution in [2.24, 2.45) is 5.92 Å². The Morgan fingerprint density at radius 1 is 1.37 bits per heavy atom. The van der Waals surface area contributed by atoms with Crippen LogP contribution < -0.4 is 5.73 Å². The number of hydrogen-bond donors (Lipinski definition) is 1. The number of anilines is 1. The average molecular weight is 283 g/mol. The minimum absolute atomic E-state index is 0.0322. The molecule has 1 heterocycles. The highest BCUT2D eigenvalue weighted by atomic mass is 32.2. The number of nitrogens with zero attached hydrogens (tertiary/aromatic N) is 2. The number of aromatic nitrogens is 1. The molecule has 1 saturated carbocycles. The molecule has 1 aromatic rings. The number of sulfonamides is 1. The molecular weight excluding hydrogens is 262 g/mol. The van der Waals surface area contributed by atoms with E-state index < -0.39 is 10.0 Å². The number of pyridine rings is 1. The summed E-state index contributed by atoms with van der Waals surface area (Å²) in [5.41, 5.74) is 5.95. The molecule has 0 aliphatic heterocycles. The molecule has 0 bridgehead atoms. The summed E-state index contributed by atoms with van der Waals surface area (Å²) in [6, 6.07) is 3.25. The van der Waals surface area contributed by atoms with E-state index in [2.05, 4.69) is 11.9 Å². The van der Waals surface area contributed by atoms with Gasteiger partial charge in [0.2, 0.25) is 0 Å². The SMILES string of the molecule is CC1CCCCC1N(C)S(=O)(=O)c1ncccc1N. The van der Waals surface area contributed by atoms with Gasteiger partial charge in [-0.2, -0.15) is 4.31 Å². The van der Waals surface area contributed by atoms with Crippen LogP contribution in [0.25, 0.3) is 0 Å². The maximum absolute atomic E-state index is 12.6. The van der Waals surface area contributed by atoms with E-state index in [4.69, 9.17) is 5.73 Å². The quantitative estimate of drug-likeness (QED) is 0.918. The van der Waals surface area contributed by atoms with Gasteiger partial charge in [-0.3, -0.25) is 0 Å². The van der Waals surface area contributed by atoms with E-state index in [0.29, 0.717) is 5.92 Å². The lowest BCUT2D eigenvalue weighted by atomic mass is 9.86. The Morgan fingerprint density at radius 2 is 2.05 bits per heavy atom. The van der Waals surface area contributed by atoms with Crippen molar-refractivity contribution in [2.75, 3.05) is 12.8 Å². The molecule has 0 spiro atoms. The van der Waals surface area contributed by atoms with E-state index in [0.717, 1.165) is 19.3 Å². The third-order valence-electron chi connectivity index (χ3n) is 3.96. The molecule has 2 atom stereocenters. The number of hydrogen-bond acceptors (Lipinski definition) is 4. The van der Waals surface area contributed by atoms with Gasteiger partial charge in [-0.15, -0.1) is 0 Å². The lowest BCUT2D eigenvalue weighted by molar-refractivity contribution is 0.213. The molecule has 2 N–H and O–H groups in total. The van der Waals surface area contributed by atoms with Crippen LogP contribution >= 0.6 is 0 Å². The maximum Gasteiger partial charge on any atom is 0.262 e. The third-order valence-corrected chi connectivity index (χ3v) is 5.82. The van der Waals surface area contributed by atoms with Crippen molar-refractivity contribution in [1.82, 2.24) is 9.29 Å². The van der Waals surface area contributed by atoms with Crippen LogP contribution in [0.4, 0.5) is 5.69 Å². The summed E-state index contributed by atoms with van der Waals surface area (Å²) >= 11 is 0. The van der Waals surface area contributed by atoms with Crippen molar-refractivity contribution >= 4 is 15.7 Å². The Kier molecular flexibility index (Phi) is 4.10. The first kappa shape index (κ1) is 14.3. The van der Waals surface area contributed by atoms with Crippen molar-refractivity contribution < 1.29 is 8.42 Å². The topological polar surface area (TPSA) is 76.3 Å². The summed E-state index contributed by atoms with van der Waals surface area (Å²) in [4.78, 5) is 3.94. The van der Waals surface area contributed by atoms with Gasteiger partial charge in [0.1, 0.15) is 0 Å². The summed E-state index contributed by atoms with van der Waals surface area (Å²) in [7, 11) is -1.97. The number of nitrogen functional groups attached to an aromatic ring is 1. The molecule has 5 nitrogen and oxygen atoms in total. The van der Waals surface area contributed by atoms with Gasteiger partial charge in [-0.1, -0.05) is 19.8 Å². The molecule has 6 heteroatoms. The van der Waals surface area contributed by atoms with E-state index in [1.165, 1.54) is 16.9 Å². The second-order valence-electron chi connectivity index (χ2n) is 5.25. The Labute approximate surface area is 114 Å². The monoisotopic (exact) mass is 283 g/mol. The van der Waals surface area contributed by atoms with Crippen LogP contribution in [0.2, 0.25) is 0 Å². The molecule has 1 fully saturated rings. The zero-order valence-corrected chi connectivity index (χ0v) is 12.2. The summed E-state index contributed by atoms with van der Waals surface area (Å²) < 4.78 is 26.6. The van der Waals surface area contributed by atoms with Crippen LogP contribution in [-0.4, -0.2) is 30.8 Å². The summed E-state index contributed by atoms with van der Waals surface area (Å²) in [6.07, 6.45) is 5.69. The first-order chi connectivity index (χ1) is 8.94. The maximum atomic E-state index is 12.6. The van der Waals surface area contributed by atoms with E-state index in [1.54, 1.807) is 19.2 Å². The summed E-state index contributed by atoms with van der Waals surface area (Å²) in [5, 5.41) is -0.0322. The van der Waals surface area contributed by atoms with Crippen LogP contribution in [0.5, 0.6) is 0 Å². The zero-order valence-electron chi connectivity index (χ0n) is 11.4. The molecule has 2 rings (SSSR count). The zero-order chi connectivity index (χ0) is 14.0. The lowest BCUT2D eigenvalue weighted by Gasteiger charge is -2.35. The van der Waals surface area contributed by atoms with Crippen LogP contribution in [-0.2, 0) is 10.0 Å². The number of nitrogens with two attached hydrogens (primary N) is 1. The second kappa shape index (κ2) is 5.46. The largest absolute Gasteiger partial charge is 0.396 e. The van der Waals surface area contributed by atoms with E-state index >= 15 is 0 Å². The average Bonchev–Trinajstić information content (AvgIpc) is 2.39. The molecule has 0 amide bonds. The third kappa shape index (κ3) is 2.74. The highest BCUT2D eigenvalue weighted by Gasteiger charge is 2.34. The fourth-order valence-corrected chi connectivity index (χ4v) is 4.27. The van der Waals surface area contributed by atoms with Gasteiger partial charge < -0.3 is 5.73 Å². The Hall–Kier alpha value is -1.14. The smallest absolute Gasteiger partial charge is 0.262 e. The first-order valence-corrected chi connectivity index (χ1v) is 8.07. The van der Waals surface area contributed by atoms with Gasteiger partial charge in [0, 0.05) is 19.3 Å². The fraction of sp³-hybridized carbons (Fsp3) is 0.615. The van der Waals surface area contributed by atoms with Crippen molar-refractivity contribution in [2.45, 2.75) is 43.7 Å². The predicted molar refractivity (Wildman–Crippen MR) is 75.0 cm³/mol. The second-order valence-corrected chi connectivity index (χ2v) is 7.16. The highest BCUT2D eigenvalue weighted by molar-refractivity contribution is 7.89. The summed E-state index contributed by atoms with van der Waals surface area (Å²) in [5.74, 6) is 0.374.